The van der Waals surface area contributed by atoms with Crippen LogP contribution in [0.5, 0.6) is 0 Å². The smallest absolute Gasteiger partial charge is 0.266 e. The molecule has 1 aliphatic rings. The summed E-state index contributed by atoms with van der Waals surface area (Å²) in [7, 11) is 0. The lowest BCUT2D eigenvalue weighted by Gasteiger charge is -2.13. The van der Waals surface area contributed by atoms with E-state index in [1.165, 1.54) is 12.4 Å². The van der Waals surface area contributed by atoms with Crippen LogP contribution in [0.3, 0.4) is 0 Å². The first-order chi connectivity index (χ1) is 5.61. The molecular formula is C6H8N4O2. The molecule has 1 aliphatic heterocycles. The van der Waals surface area contributed by atoms with E-state index in [4.69, 9.17) is 11.5 Å². The molecule has 6 nitrogen and oxygen atoms in total. The summed E-state index contributed by atoms with van der Waals surface area (Å²) in [5, 5.41) is 5.02. The Kier molecular flexibility index (Phi) is 2.00. The van der Waals surface area contributed by atoms with E-state index in [0.29, 0.717) is 0 Å². The number of hydrogen-bond donors (Lipinski definition) is 4. The number of nitrogens with two attached hydrogens (primary N) is 2. The SMILES string of the molecule is NC(=O)C1=CNC=C(C(N)=O)N1. The highest BCUT2D eigenvalue weighted by Gasteiger charge is 2.13. The second kappa shape index (κ2) is 2.95. The Morgan fingerprint density at radius 2 is 1.50 bits per heavy atom. The highest BCUT2D eigenvalue weighted by Crippen LogP contribution is 1.97. The molecule has 0 atom stereocenters. The van der Waals surface area contributed by atoms with Gasteiger partial charge in [0.05, 0.1) is 0 Å². The normalized spacial score (nSPS) is 15.0. The minimum absolute atomic E-state index is 0.103. The van der Waals surface area contributed by atoms with Crippen LogP contribution >= 0.6 is 0 Å². The maximum atomic E-state index is 10.6. The third kappa shape index (κ3) is 1.54. The Bertz CT molecular complexity index is 264. The quantitative estimate of drug-likeness (QED) is 0.376. The summed E-state index contributed by atoms with van der Waals surface area (Å²) in [6.07, 6.45) is 2.68. The molecule has 0 unspecified atom stereocenters. The number of primary amides is 2. The van der Waals surface area contributed by atoms with Crippen molar-refractivity contribution in [2.75, 3.05) is 0 Å². The summed E-state index contributed by atoms with van der Waals surface area (Å²) in [6, 6.07) is 0. The summed E-state index contributed by atoms with van der Waals surface area (Å²) in [6.45, 7) is 0. The van der Waals surface area contributed by atoms with Crippen LogP contribution in [0.2, 0.25) is 0 Å². The molecule has 0 aromatic rings. The molecule has 12 heavy (non-hydrogen) atoms. The van der Waals surface area contributed by atoms with Crippen molar-refractivity contribution < 1.29 is 9.59 Å². The fourth-order valence-corrected chi connectivity index (χ4v) is 0.691. The number of carbonyl (C=O) groups is 2. The predicted molar refractivity (Wildman–Crippen MR) is 40.8 cm³/mol. The molecule has 64 valence electrons. The van der Waals surface area contributed by atoms with E-state index in [-0.39, 0.29) is 11.4 Å². The Labute approximate surface area is 68.3 Å². The van der Waals surface area contributed by atoms with E-state index in [2.05, 4.69) is 10.6 Å². The molecular weight excluding hydrogens is 160 g/mol. The summed E-state index contributed by atoms with van der Waals surface area (Å²) in [4.78, 5) is 21.2. The monoisotopic (exact) mass is 168 g/mol. The third-order valence-corrected chi connectivity index (χ3v) is 1.26. The maximum absolute atomic E-state index is 10.6. The van der Waals surface area contributed by atoms with Crippen molar-refractivity contribution in [2.24, 2.45) is 11.5 Å². The molecule has 0 aliphatic carbocycles. The lowest BCUT2D eigenvalue weighted by Crippen LogP contribution is -2.35. The maximum Gasteiger partial charge on any atom is 0.266 e. The van der Waals surface area contributed by atoms with Crippen LogP contribution in [0.15, 0.2) is 23.8 Å². The van der Waals surface area contributed by atoms with Gasteiger partial charge in [-0.2, -0.15) is 0 Å². The molecule has 1 rings (SSSR count). The van der Waals surface area contributed by atoms with Crippen LogP contribution in [-0.2, 0) is 9.59 Å². The standard InChI is InChI=1S/C6H8N4O2/c7-5(11)3-1-9-2-4(10-3)6(8)12/h1-2,9-10H,(H2,7,11)(H2,8,12). The Hall–Kier alpha value is -1.98. The molecule has 0 spiro atoms. The lowest BCUT2D eigenvalue weighted by molar-refractivity contribution is -0.115. The van der Waals surface area contributed by atoms with Crippen LogP contribution < -0.4 is 22.1 Å². The van der Waals surface area contributed by atoms with E-state index < -0.39 is 11.8 Å². The first-order valence-corrected chi connectivity index (χ1v) is 3.14. The molecule has 0 aromatic heterocycles. The first-order valence-electron chi connectivity index (χ1n) is 3.14. The molecule has 6 heteroatoms. The van der Waals surface area contributed by atoms with E-state index in [1.54, 1.807) is 0 Å². The Balaban J connectivity index is 2.73. The molecule has 0 saturated heterocycles. The van der Waals surface area contributed by atoms with Gasteiger partial charge in [-0.1, -0.05) is 0 Å². The lowest BCUT2D eigenvalue weighted by atomic mass is 10.3. The van der Waals surface area contributed by atoms with Gasteiger partial charge >= 0.3 is 0 Å². The number of rotatable bonds is 2. The van der Waals surface area contributed by atoms with Gasteiger partial charge in [-0.3, -0.25) is 9.59 Å². The van der Waals surface area contributed by atoms with Crippen LogP contribution in [0.4, 0.5) is 0 Å². The summed E-state index contributed by atoms with van der Waals surface area (Å²) >= 11 is 0. The van der Waals surface area contributed by atoms with Gasteiger partial charge in [0.25, 0.3) is 11.8 Å². The fourth-order valence-electron chi connectivity index (χ4n) is 0.691. The largest absolute Gasteiger partial charge is 0.364 e. The van der Waals surface area contributed by atoms with Gasteiger partial charge in [0.15, 0.2) is 0 Å². The zero-order valence-corrected chi connectivity index (χ0v) is 6.13. The number of hydrogen-bond acceptors (Lipinski definition) is 4. The van der Waals surface area contributed by atoms with Crippen LogP contribution in [-0.4, -0.2) is 11.8 Å². The molecule has 0 bridgehead atoms. The molecule has 0 fully saturated rings. The second-order valence-corrected chi connectivity index (χ2v) is 2.14. The topological polar surface area (TPSA) is 110 Å². The first kappa shape index (κ1) is 8.12. The van der Waals surface area contributed by atoms with Crippen molar-refractivity contribution in [2.45, 2.75) is 0 Å². The Morgan fingerprint density at radius 1 is 1.08 bits per heavy atom. The zero-order valence-electron chi connectivity index (χ0n) is 6.13. The summed E-state index contributed by atoms with van der Waals surface area (Å²) in [5.74, 6) is -1.32. The number of carbonyl (C=O) groups excluding carboxylic acids is 2. The van der Waals surface area contributed by atoms with E-state index in [1.807, 2.05) is 0 Å². The zero-order chi connectivity index (χ0) is 9.14. The average molecular weight is 168 g/mol. The van der Waals surface area contributed by atoms with E-state index >= 15 is 0 Å². The fraction of sp³-hybridized carbons (Fsp3) is 0. The Morgan fingerprint density at radius 3 is 1.83 bits per heavy atom. The van der Waals surface area contributed by atoms with Gasteiger partial charge in [-0.15, -0.1) is 0 Å². The van der Waals surface area contributed by atoms with Crippen molar-refractivity contribution in [1.82, 2.24) is 10.6 Å². The van der Waals surface area contributed by atoms with Gasteiger partial charge in [-0.25, -0.2) is 0 Å². The molecule has 6 N–H and O–H groups in total. The second-order valence-electron chi connectivity index (χ2n) is 2.14. The molecule has 0 radical (unpaired) electrons. The van der Waals surface area contributed by atoms with Crippen molar-refractivity contribution in [3.63, 3.8) is 0 Å². The van der Waals surface area contributed by atoms with Crippen molar-refractivity contribution in [3.8, 4) is 0 Å². The van der Waals surface area contributed by atoms with Gasteiger partial charge in [0.1, 0.15) is 11.4 Å². The molecule has 2 amide bonds. The highest BCUT2D eigenvalue weighted by molar-refractivity contribution is 5.97. The van der Waals surface area contributed by atoms with Crippen LogP contribution in [0, 0.1) is 0 Å². The van der Waals surface area contributed by atoms with Crippen LogP contribution in [0.25, 0.3) is 0 Å². The van der Waals surface area contributed by atoms with Crippen molar-refractivity contribution >= 4 is 11.8 Å². The summed E-state index contributed by atoms with van der Waals surface area (Å²) in [5.41, 5.74) is 10.1. The number of amides is 2. The van der Waals surface area contributed by atoms with Gasteiger partial charge in [0, 0.05) is 12.4 Å². The summed E-state index contributed by atoms with van der Waals surface area (Å²) < 4.78 is 0. The minimum atomic E-state index is -0.658. The van der Waals surface area contributed by atoms with Crippen molar-refractivity contribution in [3.05, 3.63) is 23.8 Å². The van der Waals surface area contributed by atoms with Crippen LogP contribution in [0.1, 0.15) is 0 Å². The third-order valence-electron chi connectivity index (χ3n) is 1.26. The molecule has 1 heterocycles. The average Bonchev–Trinajstić information content (AvgIpc) is 2.04. The van der Waals surface area contributed by atoms with E-state index in [9.17, 15) is 9.59 Å². The number of nitrogens with one attached hydrogen (secondary N) is 2. The van der Waals surface area contributed by atoms with E-state index in [0.717, 1.165) is 0 Å². The predicted octanol–water partition coefficient (Wildman–Crippen LogP) is -2.17. The molecule has 0 aromatic carbocycles. The van der Waals surface area contributed by atoms with Gasteiger partial charge in [-0.05, 0) is 0 Å². The van der Waals surface area contributed by atoms with Gasteiger partial charge in [0.2, 0.25) is 0 Å². The van der Waals surface area contributed by atoms with Crippen molar-refractivity contribution in [1.29, 1.82) is 0 Å². The van der Waals surface area contributed by atoms with Gasteiger partial charge < -0.3 is 22.1 Å². The molecule has 0 saturated carbocycles. The minimum Gasteiger partial charge on any atom is -0.364 e. The highest BCUT2D eigenvalue weighted by atomic mass is 16.2.